The van der Waals surface area contributed by atoms with Gasteiger partial charge in [0.25, 0.3) is 0 Å². The largest absolute Gasteiger partial charge is 0.326 e. The van der Waals surface area contributed by atoms with Gasteiger partial charge in [-0.15, -0.1) is 12.4 Å². The highest BCUT2D eigenvalue weighted by molar-refractivity contribution is 6.00. The topological polar surface area (TPSA) is 82.3 Å². The fourth-order valence-corrected chi connectivity index (χ4v) is 3.91. The first-order chi connectivity index (χ1) is 13.1. The molecule has 28 heavy (non-hydrogen) atoms. The van der Waals surface area contributed by atoms with E-state index >= 15 is 0 Å². The molecule has 1 atom stereocenters. The number of rotatable bonds is 4. The van der Waals surface area contributed by atoms with Crippen molar-refractivity contribution < 1.29 is 9.59 Å². The van der Waals surface area contributed by atoms with Gasteiger partial charge in [0, 0.05) is 23.0 Å². The van der Waals surface area contributed by atoms with E-state index in [1.807, 2.05) is 42.5 Å². The number of piperidine rings is 1. The minimum Gasteiger partial charge on any atom is -0.326 e. The second kappa shape index (κ2) is 8.63. The van der Waals surface area contributed by atoms with E-state index in [0.29, 0.717) is 11.4 Å². The molecule has 4 rings (SSSR count). The predicted octanol–water partition coefficient (Wildman–Crippen LogP) is 4.08. The molecular formula is C21H25ClN4O2. The number of amides is 3. The SMILES string of the molecule is Cl.O=C(Nc1ccccc1)Nc1cccc(NC(=O)C2CC23CCNCC3)c1. The summed E-state index contributed by atoms with van der Waals surface area (Å²) in [6.45, 7) is 2.00. The van der Waals surface area contributed by atoms with E-state index < -0.39 is 0 Å². The summed E-state index contributed by atoms with van der Waals surface area (Å²) < 4.78 is 0. The van der Waals surface area contributed by atoms with Crippen molar-refractivity contribution in [2.75, 3.05) is 29.0 Å². The number of carbonyl (C=O) groups is 2. The number of benzene rings is 2. The van der Waals surface area contributed by atoms with E-state index in [4.69, 9.17) is 0 Å². The first-order valence-corrected chi connectivity index (χ1v) is 9.39. The maximum absolute atomic E-state index is 12.6. The number of halogens is 1. The summed E-state index contributed by atoms with van der Waals surface area (Å²) in [5, 5.41) is 11.9. The maximum Gasteiger partial charge on any atom is 0.323 e. The number of hydrogen-bond acceptors (Lipinski definition) is 3. The van der Waals surface area contributed by atoms with Gasteiger partial charge in [0.2, 0.25) is 5.91 Å². The standard InChI is InChI=1S/C21H24N4O2.ClH/c26-19(18-14-21(18)9-11-22-12-10-21)23-16-7-4-8-17(13-16)25-20(27)24-15-5-2-1-3-6-15;/h1-8,13,18,22H,9-12,14H2,(H,23,26)(H2,24,25,27);1H. The van der Waals surface area contributed by atoms with Gasteiger partial charge in [0.05, 0.1) is 0 Å². The highest BCUT2D eigenvalue weighted by Crippen LogP contribution is 2.58. The van der Waals surface area contributed by atoms with Crippen LogP contribution in [-0.4, -0.2) is 25.0 Å². The van der Waals surface area contributed by atoms with E-state index in [1.54, 1.807) is 12.1 Å². The number of para-hydroxylation sites is 1. The van der Waals surface area contributed by atoms with Crippen LogP contribution in [0.5, 0.6) is 0 Å². The number of carbonyl (C=O) groups excluding carboxylic acids is 2. The molecule has 1 aliphatic heterocycles. The average Bonchev–Trinajstić information content (AvgIpc) is 3.36. The van der Waals surface area contributed by atoms with E-state index in [2.05, 4.69) is 21.3 Å². The molecule has 0 aromatic heterocycles. The zero-order valence-corrected chi connectivity index (χ0v) is 16.4. The Morgan fingerprint density at radius 3 is 2.18 bits per heavy atom. The molecule has 0 radical (unpaired) electrons. The Morgan fingerprint density at radius 1 is 0.857 bits per heavy atom. The van der Waals surface area contributed by atoms with Crippen LogP contribution in [0.3, 0.4) is 0 Å². The van der Waals surface area contributed by atoms with Crippen molar-refractivity contribution in [1.29, 1.82) is 0 Å². The zero-order valence-electron chi connectivity index (χ0n) is 15.5. The minimum atomic E-state index is -0.319. The van der Waals surface area contributed by atoms with Crippen molar-refractivity contribution >= 4 is 41.4 Å². The minimum absolute atomic E-state index is 0. The van der Waals surface area contributed by atoms with Crippen LogP contribution in [0, 0.1) is 11.3 Å². The Labute approximate surface area is 170 Å². The summed E-state index contributed by atoms with van der Waals surface area (Å²) in [5.74, 6) is 0.195. The molecule has 1 aliphatic carbocycles. The van der Waals surface area contributed by atoms with Crippen molar-refractivity contribution in [2.45, 2.75) is 19.3 Å². The van der Waals surface area contributed by atoms with Gasteiger partial charge < -0.3 is 21.3 Å². The summed E-state index contributed by atoms with van der Waals surface area (Å²) >= 11 is 0. The summed E-state index contributed by atoms with van der Waals surface area (Å²) in [6, 6.07) is 16.2. The molecule has 7 heteroatoms. The van der Waals surface area contributed by atoms with E-state index in [1.165, 1.54) is 0 Å². The number of anilines is 3. The van der Waals surface area contributed by atoms with Crippen LogP contribution in [0.4, 0.5) is 21.9 Å². The molecular weight excluding hydrogens is 376 g/mol. The number of nitrogens with one attached hydrogen (secondary N) is 4. The van der Waals surface area contributed by atoms with Crippen molar-refractivity contribution in [3.8, 4) is 0 Å². The summed E-state index contributed by atoms with van der Waals surface area (Å²) in [6.07, 6.45) is 3.14. The van der Waals surface area contributed by atoms with Crippen LogP contribution in [-0.2, 0) is 4.79 Å². The third-order valence-electron chi connectivity index (χ3n) is 5.53. The molecule has 2 aliphatic rings. The molecule has 1 heterocycles. The molecule has 6 nitrogen and oxygen atoms in total. The highest BCUT2D eigenvalue weighted by atomic mass is 35.5. The molecule has 1 spiro atoms. The number of urea groups is 1. The Morgan fingerprint density at radius 2 is 1.46 bits per heavy atom. The van der Waals surface area contributed by atoms with Gasteiger partial charge >= 0.3 is 6.03 Å². The molecule has 148 valence electrons. The summed E-state index contributed by atoms with van der Waals surface area (Å²) in [7, 11) is 0. The molecule has 2 aromatic carbocycles. The second-order valence-electron chi connectivity index (χ2n) is 7.38. The molecule has 1 saturated heterocycles. The molecule has 0 bridgehead atoms. The van der Waals surface area contributed by atoms with Crippen LogP contribution in [0.25, 0.3) is 0 Å². The Balaban J connectivity index is 0.00000225. The van der Waals surface area contributed by atoms with Crippen molar-refractivity contribution in [3.63, 3.8) is 0 Å². The lowest BCUT2D eigenvalue weighted by Crippen LogP contribution is -2.31. The van der Waals surface area contributed by atoms with Crippen molar-refractivity contribution in [1.82, 2.24) is 5.32 Å². The van der Waals surface area contributed by atoms with Gasteiger partial charge in [-0.3, -0.25) is 4.79 Å². The Kier molecular flexibility index (Phi) is 6.21. The summed E-state index contributed by atoms with van der Waals surface area (Å²) in [5.41, 5.74) is 2.27. The summed E-state index contributed by atoms with van der Waals surface area (Å²) in [4.78, 5) is 24.7. The van der Waals surface area contributed by atoms with Crippen molar-refractivity contribution in [3.05, 3.63) is 54.6 Å². The van der Waals surface area contributed by atoms with Gasteiger partial charge in [0.15, 0.2) is 0 Å². The van der Waals surface area contributed by atoms with Gasteiger partial charge in [-0.25, -0.2) is 4.79 Å². The lowest BCUT2D eigenvalue weighted by Gasteiger charge is -2.23. The lowest BCUT2D eigenvalue weighted by atomic mass is 9.92. The lowest BCUT2D eigenvalue weighted by molar-refractivity contribution is -0.118. The van der Waals surface area contributed by atoms with Crippen LogP contribution < -0.4 is 21.3 Å². The highest BCUT2D eigenvalue weighted by Gasteiger charge is 2.57. The smallest absolute Gasteiger partial charge is 0.323 e. The Bertz CT molecular complexity index is 837. The third kappa shape index (κ3) is 4.64. The molecule has 1 saturated carbocycles. The van der Waals surface area contributed by atoms with E-state index in [0.717, 1.165) is 38.0 Å². The molecule has 1 unspecified atom stereocenters. The van der Waals surface area contributed by atoms with Gasteiger partial charge in [0.1, 0.15) is 0 Å². The zero-order chi connectivity index (χ0) is 18.7. The number of hydrogen-bond donors (Lipinski definition) is 4. The average molecular weight is 401 g/mol. The van der Waals surface area contributed by atoms with Crippen LogP contribution in [0.1, 0.15) is 19.3 Å². The van der Waals surface area contributed by atoms with Crippen LogP contribution in [0.2, 0.25) is 0 Å². The molecule has 4 N–H and O–H groups in total. The Hall–Kier alpha value is -2.57. The van der Waals surface area contributed by atoms with Gasteiger partial charge in [-0.05, 0) is 68.1 Å². The van der Waals surface area contributed by atoms with Gasteiger partial charge in [-0.1, -0.05) is 24.3 Å². The molecule has 2 fully saturated rings. The van der Waals surface area contributed by atoms with Crippen molar-refractivity contribution in [2.24, 2.45) is 11.3 Å². The van der Waals surface area contributed by atoms with Crippen LogP contribution in [0.15, 0.2) is 54.6 Å². The van der Waals surface area contributed by atoms with Crippen LogP contribution >= 0.6 is 12.4 Å². The molecule has 2 aromatic rings. The second-order valence-corrected chi connectivity index (χ2v) is 7.38. The first-order valence-electron chi connectivity index (χ1n) is 9.39. The van der Waals surface area contributed by atoms with E-state index in [-0.39, 0.29) is 35.7 Å². The maximum atomic E-state index is 12.6. The van der Waals surface area contributed by atoms with E-state index in [9.17, 15) is 9.59 Å². The quantitative estimate of drug-likeness (QED) is 0.624. The first kappa shape index (κ1) is 20.2. The normalized spacial score (nSPS) is 19.2. The fraction of sp³-hybridized carbons (Fsp3) is 0.333. The third-order valence-corrected chi connectivity index (χ3v) is 5.53. The molecule has 3 amide bonds. The predicted molar refractivity (Wildman–Crippen MR) is 114 cm³/mol. The fourth-order valence-electron chi connectivity index (χ4n) is 3.91. The monoisotopic (exact) mass is 400 g/mol. The van der Waals surface area contributed by atoms with Gasteiger partial charge in [-0.2, -0.15) is 0 Å².